The van der Waals surface area contributed by atoms with Crippen LogP contribution in [0.5, 0.6) is 0 Å². The smallest absolute Gasteiger partial charge is 0.0614 e. The zero-order chi connectivity index (χ0) is 25.1. The van der Waals surface area contributed by atoms with Gasteiger partial charge in [0.05, 0.1) is 18.3 Å². The SMILES string of the molecule is CC(C)[C@@H]1C[C@@H](O)[C@@H]2[C@@]1(CO)CC[C@@]1(C)[C@H]3C(=CC[C@]21C)[C@@]1(C)CC[C@H](O)C(C)(C)[C@@H]1C[C@@H]3O. The van der Waals surface area contributed by atoms with E-state index in [1.54, 1.807) is 0 Å². The minimum Gasteiger partial charge on any atom is -0.396 e. The fourth-order valence-corrected chi connectivity index (χ4v) is 11.2. The van der Waals surface area contributed by atoms with E-state index in [0.29, 0.717) is 11.8 Å². The summed E-state index contributed by atoms with van der Waals surface area (Å²) in [7, 11) is 0. The number of aliphatic hydroxyl groups excluding tert-OH is 4. The Morgan fingerprint density at radius 1 is 0.912 bits per heavy atom. The molecule has 4 saturated carbocycles. The number of hydrogen-bond acceptors (Lipinski definition) is 4. The quantitative estimate of drug-likeness (QED) is 0.428. The average Bonchev–Trinajstić information content (AvgIpc) is 3.08. The fraction of sp³-hybridized carbons (Fsp3) is 0.933. The van der Waals surface area contributed by atoms with Crippen LogP contribution in [0.1, 0.15) is 93.4 Å². The van der Waals surface area contributed by atoms with E-state index in [2.05, 4.69) is 54.5 Å². The van der Waals surface area contributed by atoms with Gasteiger partial charge in [-0.15, -0.1) is 0 Å². The lowest BCUT2D eigenvalue weighted by Crippen LogP contribution is -2.66. The molecular weight excluding hydrogens is 424 g/mol. The first kappa shape index (κ1) is 25.2. The predicted molar refractivity (Wildman–Crippen MR) is 135 cm³/mol. The van der Waals surface area contributed by atoms with Crippen molar-refractivity contribution in [3.05, 3.63) is 11.6 Å². The Hall–Kier alpha value is -0.420. The Morgan fingerprint density at radius 3 is 2.21 bits per heavy atom. The summed E-state index contributed by atoms with van der Waals surface area (Å²) in [4.78, 5) is 0. The lowest BCUT2D eigenvalue weighted by Gasteiger charge is -2.70. The van der Waals surface area contributed by atoms with Gasteiger partial charge in [0.1, 0.15) is 0 Å². The lowest BCUT2D eigenvalue weighted by atomic mass is 9.35. The zero-order valence-corrected chi connectivity index (χ0v) is 22.6. The van der Waals surface area contributed by atoms with Gasteiger partial charge in [0.2, 0.25) is 0 Å². The highest BCUT2D eigenvalue weighted by Crippen LogP contribution is 2.76. The number of rotatable bonds is 2. The number of hydrogen-bond donors (Lipinski definition) is 4. The number of fused-ring (bicyclic) bond motifs is 7. The Kier molecular flexibility index (Phi) is 5.61. The van der Waals surface area contributed by atoms with E-state index in [4.69, 9.17) is 0 Å². The molecule has 5 rings (SSSR count). The van der Waals surface area contributed by atoms with Crippen molar-refractivity contribution in [2.75, 3.05) is 6.61 Å². The Bertz CT molecular complexity index is 864. The molecule has 0 unspecified atom stereocenters. The minimum absolute atomic E-state index is 0.00274. The van der Waals surface area contributed by atoms with Gasteiger partial charge in [-0.2, -0.15) is 0 Å². The van der Waals surface area contributed by atoms with E-state index in [0.717, 1.165) is 44.9 Å². The van der Waals surface area contributed by atoms with Gasteiger partial charge in [-0.1, -0.05) is 60.1 Å². The second-order valence-corrected chi connectivity index (χ2v) is 14.8. The molecule has 4 nitrogen and oxygen atoms in total. The summed E-state index contributed by atoms with van der Waals surface area (Å²) in [6.07, 6.45) is 7.45. The molecule has 4 N–H and O–H groups in total. The highest BCUT2D eigenvalue weighted by atomic mass is 16.3. The zero-order valence-electron chi connectivity index (χ0n) is 22.6. The maximum Gasteiger partial charge on any atom is 0.0614 e. The van der Waals surface area contributed by atoms with Crippen LogP contribution in [0.3, 0.4) is 0 Å². The Morgan fingerprint density at radius 2 is 1.59 bits per heavy atom. The standard InChI is InChI=1S/C30H50O4/c1-17(2)19-14-21(33)25-29(7)11-8-18-24(28(29,6)12-13-30(19,25)16-31)20(32)15-22-26(3,4)23(34)9-10-27(18,22)5/h8,17,19-25,31-34H,9-16H2,1-7H3/t19-,20-,21+,22-,23-,24-,25-,27+,28-,29+,30+/m0/s1. The first-order valence-electron chi connectivity index (χ1n) is 14.1. The molecule has 11 atom stereocenters. The molecule has 0 spiro atoms. The molecule has 0 bridgehead atoms. The first-order valence-corrected chi connectivity index (χ1v) is 14.1. The molecule has 34 heavy (non-hydrogen) atoms. The third kappa shape index (κ3) is 2.81. The van der Waals surface area contributed by atoms with Crippen LogP contribution in [0.15, 0.2) is 11.6 Å². The molecule has 4 heteroatoms. The molecule has 0 aromatic rings. The molecule has 0 heterocycles. The van der Waals surface area contributed by atoms with Crippen LogP contribution >= 0.6 is 0 Å². The minimum atomic E-state index is -0.431. The molecule has 0 aromatic carbocycles. The molecule has 0 radical (unpaired) electrons. The predicted octanol–water partition coefficient (Wildman–Crippen LogP) is 4.94. The second-order valence-electron chi connectivity index (χ2n) is 14.8. The summed E-state index contributed by atoms with van der Waals surface area (Å²) in [5.74, 6) is 1.17. The lowest BCUT2D eigenvalue weighted by molar-refractivity contribution is -0.212. The van der Waals surface area contributed by atoms with Crippen LogP contribution in [0.4, 0.5) is 0 Å². The van der Waals surface area contributed by atoms with E-state index in [1.807, 2.05) is 0 Å². The highest BCUT2D eigenvalue weighted by Gasteiger charge is 2.72. The molecular formula is C30H50O4. The molecule has 0 aliphatic heterocycles. The fourth-order valence-electron chi connectivity index (χ4n) is 11.2. The summed E-state index contributed by atoms with van der Waals surface area (Å²) >= 11 is 0. The van der Waals surface area contributed by atoms with Crippen molar-refractivity contribution in [2.45, 2.75) is 112 Å². The van der Waals surface area contributed by atoms with Crippen molar-refractivity contribution in [3.63, 3.8) is 0 Å². The maximum absolute atomic E-state index is 11.8. The molecule has 0 amide bonds. The van der Waals surface area contributed by atoms with E-state index >= 15 is 0 Å². The van der Waals surface area contributed by atoms with Crippen LogP contribution < -0.4 is 0 Å². The van der Waals surface area contributed by atoms with Gasteiger partial charge in [-0.05, 0) is 90.3 Å². The first-order chi connectivity index (χ1) is 15.7. The monoisotopic (exact) mass is 474 g/mol. The van der Waals surface area contributed by atoms with Gasteiger partial charge in [0.25, 0.3) is 0 Å². The van der Waals surface area contributed by atoms with Gasteiger partial charge >= 0.3 is 0 Å². The van der Waals surface area contributed by atoms with Gasteiger partial charge in [-0.25, -0.2) is 0 Å². The number of allylic oxidation sites excluding steroid dienone is 1. The van der Waals surface area contributed by atoms with Gasteiger partial charge in [-0.3, -0.25) is 0 Å². The van der Waals surface area contributed by atoms with E-state index < -0.39 is 12.2 Å². The Labute approximate surface area is 207 Å². The molecule has 4 fully saturated rings. The highest BCUT2D eigenvalue weighted by molar-refractivity contribution is 5.35. The average molecular weight is 475 g/mol. The summed E-state index contributed by atoms with van der Waals surface area (Å²) in [6.45, 7) is 16.2. The van der Waals surface area contributed by atoms with Crippen molar-refractivity contribution in [2.24, 2.45) is 56.7 Å². The second kappa shape index (κ2) is 7.55. The molecule has 0 saturated heterocycles. The van der Waals surface area contributed by atoms with E-state index in [-0.39, 0.29) is 57.5 Å². The molecule has 0 aromatic heterocycles. The topological polar surface area (TPSA) is 80.9 Å². The van der Waals surface area contributed by atoms with Gasteiger partial charge < -0.3 is 20.4 Å². The van der Waals surface area contributed by atoms with Crippen molar-refractivity contribution in [1.82, 2.24) is 0 Å². The third-order valence-electron chi connectivity index (χ3n) is 13.2. The summed E-state index contributed by atoms with van der Waals surface area (Å²) in [5.41, 5.74) is 0.695. The van der Waals surface area contributed by atoms with Crippen LogP contribution in [-0.2, 0) is 0 Å². The Balaban J connectivity index is 1.62. The molecule has 194 valence electrons. The summed E-state index contributed by atoms with van der Waals surface area (Å²) < 4.78 is 0. The van der Waals surface area contributed by atoms with Crippen molar-refractivity contribution in [3.8, 4) is 0 Å². The van der Waals surface area contributed by atoms with Crippen LogP contribution in [0.25, 0.3) is 0 Å². The van der Waals surface area contributed by atoms with Crippen LogP contribution in [0, 0.1) is 56.7 Å². The maximum atomic E-state index is 11.8. The normalized spacial score (nSPS) is 56.2. The molecule has 5 aliphatic rings. The van der Waals surface area contributed by atoms with Crippen molar-refractivity contribution in [1.29, 1.82) is 0 Å². The van der Waals surface area contributed by atoms with E-state index in [9.17, 15) is 20.4 Å². The summed E-state index contributed by atoms with van der Waals surface area (Å²) in [5, 5.41) is 45.1. The van der Waals surface area contributed by atoms with Crippen molar-refractivity contribution < 1.29 is 20.4 Å². The van der Waals surface area contributed by atoms with Crippen molar-refractivity contribution >= 4 is 0 Å². The van der Waals surface area contributed by atoms with Gasteiger partial charge in [0, 0.05) is 17.9 Å². The third-order valence-corrected chi connectivity index (χ3v) is 13.2. The summed E-state index contributed by atoms with van der Waals surface area (Å²) in [6, 6.07) is 0. The van der Waals surface area contributed by atoms with Crippen LogP contribution in [-0.4, -0.2) is 45.3 Å². The number of aliphatic hydroxyl groups is 4. The van der Waals surface area contributed by atoms with Crippen LogP contribution in [0.2, 0.25) is 0 Å². The van der Waals surface area contributed by atoms with E-state index in [1.165, 1.54) is 5.57 Å². The molecule has 5 aliphatic carbocycles. The largest absolute Gasteiger partial charge is 0.396 e. The van der Waals surface area contributed by atoms with Gasteiger partial charge in [0.15, 0.2) is 0 Å².